The van der Waals surface area contributed by atoms with Crippen LogP contribution in [-0.2, 0) is 30.8 Å². The fourth-order valence-electron chi connectivity index (χ4n) is 6.92. The van der Waals surface area contributed by atoms with Gasteiger partial charge in [-0.2, -0.15) is 0 Å². The minimum absolute atomic E-state index is 0.0556. The number of fused-ring (bicyclic) bond motifs is 2. The first-order chi connectivity index (χ1) is 23.0. The van der Waals surface area contributed by atoms with Crippen LogP contribution >= 0.6 is 11.6 Å². The molecule has 0 atom stereocenters. The van der Waals surface area contributed by atoms with Gasteiger partial charge >= 0.3 is 0 Å². The van der Waals surface area contributed by atoms with Crippen molar-refractivity contribution in [1.29, 1.82) is 0 Å². The Bertz CT molecular complexity index is 1760. The van der Waals surface area contributed by atoms with Gasteiger partial charge in [0.2, 0.25) is 5.95 Å². The van der Waals surface area contributed by atoms with E-state index in [9.17, 15) is 4.79 Å². The minimum Gasteiger partial charge on any atom is -0.497 e. The number of aromatic nitrogens is 2. The number of carbonyl (C=O) groups excluding carboxylic acids is 1. The second-order valence-corrected chi connectivity index (χ2v) is 12.8. The van der Waals surface area contributed by atoms with E-state index in [1.165, 1.54) is 11.1 Å². The van der Waals surface area contributed by atoms with Crippen molar-refractivity contribution in [2.45, 2.75) is 44.9 Å². The number of nitrogens with zero attached hydrogens (tertiary/aromatic N) is 5. The van der Waals surface area contributed by atoms with Gasteiger partial charge < -0.3 is 24.0 Å². The molecule has 9 nitrogen and oxygen atoms in total. The van der Waals surface area contributed by atoms with Crippen molar-refractivity contribution >= 4 is 23.5 Å². The fourth-order valence-corrected chi connectivity index (χ4v) is 7.12. The molecule has 0 saturated carbocycles. The largest absolute Gasteiger partial charge is 0.497 e. The summed E-state index contributed by atoms with van der Waals surface area (Å²) in [5.74, 6) is 2.10. The summed E-state index contributed by atoms with van der Waals surface area (Å²) in [6.07, 6.45) is 4.42. The normalized spacial score (nSPS) is 16.6. The molecule has 4 aromatic rings. The number of anilines is 1. The molecule has 47 heavy (non-hydrogen) atoms. The number of hydrogen-bond acceptors (Lipinski definition) is 8. The molecule has 7 rings (SSSR count). The summed E-state index contributed by atoms with van der Waals surface area (Å²) in [5, 5.41) is 0.440. The summed E-state index contributed by atoms with van der Waals surface area (Å²) < 4.78 is 16.8. The Morgan fingerprint density at radius 1 is 0.957 bits per heavy atom. The number of ether oxygens (including phenoxy) is 3. The lowest BCUT2D eigenvalue weighted by Gasteiger charge is -2.35. The molecular weight excluding hydrogens is 614 g/mol. The Labute approximate surface area is 281 Å². The average Bonchev–Trinajstić information content (AvgIpc) is 3.44. The maximum Gasteiger partial charge on any atom is 0.254 e. The van der Waals surface area contributed by atoms with Gasteiger partial charge in [0, 0.05) is 81.3 Å². The van der Waals surface area contributed by atoms with E-state index in [0.717, 1.165) is 67.1 Å². The molecule has 1 aromatic heterocycles. The highest BCUT2D eigenvalue weighted by Crippen LogP contribution is 2.34. The van der Waals surface area contributed by atoms with E-state index < -0.39 is 0 Å². The number of hydrogen-bond donors (Lipinski definition) is 0. The van der Waals surface area contributed by atoms with Gasteiger partial charge in [0.15, 0.2) is 0 Å². The van der Waals surface area contributed by atoms with Crippen molar-refractivity contribution in [2.24, 2.45) is 0 Å². The van der Waals surface area contributed by atoms with Crippen molar-refractivity contribution in [1.82, 2.24) is 19.8 Å². The molecule has 0 N–H and O–H groups in total. The minimum atomic E-state index is 0.0556. The van der Waals surface area contributed by atoms with Crippen molar-refractivity contribution in [3.63, 3.8) is 0 Å². The molecule has 0 unspecified atom stereocenters. The van der Waals surface area contributed by atoms with E-state index >= 15 is 0 Å². The molecule has 3 aromatic carbocycles. The highest BCUT2D eigenvalue weighted by molar-refractivity contribution is 6.33. The van der Waals surface area contributed by atoms with Gasteiger partial charge in [0.1, 0.15) is 11.5 Å². The molecule has 1 amide bonds. The smallest absolute Gasteiger partial charge is 0.254 e. The monoisotopic (exact) mass is 653 g/mol. The molecular formula is C37H40ClN5O4. The molecule has 0 spiro atoms. The zero-order valence-corrected chi connectivity index (χ0v) is 27.7. The van der Waals surface area contributed by atoms with E-state index in [-0.39, 0.29) is 11.9 Å². The van der Waals surface area contributed by atoms with Gasteiger partial charge in [0.05, 0.1) is 31.1 Å². The summed E-state index contributed by atoms with van der Waals surface area (Å²) >= 11 is 6.75. The first kappa shape index (κ1) is 31.4. The molecule has 4 heterocycles. The van der Waals surface area contributed by atoms with E-state index in [4.69, 9.17) is 35.8 Å². The number of halogens is 1. The highest BCUT2D eigenvalue weighted by Gasteiger charge is 2.30. The van der Waals surface area contributed by atoms with Crippen LogP contribution in [0.1, 0.15) is 45.5 Å². The Balaban J connectivity index is 1.11. The van der Waals surface area contributed by atoms with Crippen LogP contribution in [0.25, 0.3) is 11.3 Å². The topological polar surface area (TPSA) is 80.3 Å². The van der Waals surface area contributed by atoms with Gasteiger partial charge in [-0.05, 0) is 54.2 Å². The predicted molar refractivity (Wildman–Crippen MR) is 182 cm³/mol. The highest BCUT2D eigenvalue weighted by atomic mass is 35.5. The molecule has 0 aliphatic carbocycles. The van der Waals surface area contributed by atoms with Crippen LogP contribution < -0.4 is 14.4 Å². The second kappa shape index (κ2) is 13.9. The summed E-state index contributed by atoms with van der Waals surface area (Å²) in [4.78, 5) is 30.0. The SMILES string of the molecule is COc1ccc(CN(c2ncc(Cl)c(-c3ccc4c(c3)C(=O)N(CCN3CCc5ccccc5C3)C4)n2)C2CCOCC2)c(OC)c1. The molecule has 244 valence electrons. The number of carbonyl (C=O) groups is 1. The van der Waals surface area contributed by atoms with Crippen molar-refractivity contribution in [3.8, 4) is 22.8 Å². The van der Waals surface area contributed by atoms with Gasteiger partial charge in [0.25, 0.3) is 5.91 Å². The van der Waals surface area contributed by atoms with Gasteiger partial charge in [-0.3, -0.25) is 9.69 Å². The zero-order valence-electron chi connectivity index (χ0n) is 27.0. The van der Waals surface area contributed by atoms with Crippen LogP contribution in [0, 0.1) is 0 Å². The fraction of sp³-hybridized carbons (Fsp3) is 0.378. The Morgan fingerprint density at radius 3 is 2.60 bits per heavy atom. The summed E-state index contributed by atoms with van der Waals surface area (Å²) in [5.41, 5.74) is 6.97. The lowest BCUT2D eigenvalue weighted by Crippen LogP contribution is -2.40. The summed E-state index contributed by atoms with van der Waals surface area (Å²) in [6.45, 7) is 6.00. The third kappa shape index (κ3) is 6.66. The molecule has 10 heteroatoms. The summed E-state index contributed by atoms with van der Waals surface area (Å²) in [7, 11) is 3.31. The lowest BCUT2D eigenvalue weighted by molar-refractivity contribution is 0.0754. The molecule has 1 saturated heterocycles. The van der Waals surface area contributed by atoms with Gasteiger partial charge in [-0.25, -0.2) is 9.97 Å². The Hall–Kier alpha value is -4.18. The van der Waals surface area contributed by atoms with Crippen LogP contribution in [0.2, 0.25) is 5.02 Å². The predicted octanol–water partition coefficient (Wildman–Crippen LogP) is 6.01. The molecule has 3 aliphatic heterocycles. The number of amides is 1. The van der Waals surface area contributed by atoms with Crippen LogP contribution in [-0.4, -0.2) is 78.8 Å². The van der Waals surface area contributed by atoms with Gasteiger partial charge in [-0.15, -0.1) is 0 Å². The Kier molecular flexibility index (Phi) is 9.29. The van der Waals surface area contributed by atoms with Crippen LogP contribution in [0.3, 0.4) is 0 Å². The number of benzene rings is 3. The van der Waals surface area contributed by atoms with Crippen molar-refractivity contribution < 1.29 is 19.0 Å². The van der Waals surface area contributed by atoms with Crippen LogP contribution in [0.5, 0.6) is 11.5 Å². The van der Waals surface area contributed by atoms with E-state index in [1.807, 2.05) is 41.3 Å². The van der Waals surface area contributed by atoms with Crippen molar-refractivity contribution in [3.05, 3.63) is 99.7 Å². The number of methoxy groups -OCH3 is 2. The van der Waals surface area contributed by atoms with Crippen LogP contribution in [0.15, 0.2) is 66.9 Å². The van der Waals surface area contributed by atoms with Crippen molar-refractivity contribution in [2.75, 3.05) is 52.0 Å². The standard InChI is InChI=1S/C37H40ClN5O4/c1-45-31-10-9-29(34(20-31)46-2)24-43(30-12-17-47-18-13-30)37-39-21-33(38)35(40-37)26-7-8-28-23-42(36(44)32(28)19-26)16-15-41-14-11-25-5-3-4-6-27(25)22-41/h3-10,19-21,30H,11-18,22-24H2,1-2H3. The maximum absolute atomic E-state index is 13.6. The second-order valence-electron chi connectivity index (χ2n) is 12.4. The molecule has 0 radical (unpaired) electrons. The number of rotatable bonds is 10. The third-order valence-corrected chi connectivity index (χ3v) is 9.89. The molecule has 1 fully saturated rings. The summed E-state index contributed by atoms with van der Waals surface area (Å²) in [6, 6.07) is 20.7. The third-order valence-electron chi connectivity index (χ3n) is 9.61. The van der Waals surface area contributed by atoms with Gasteiger partial charge in [-0.1, -0.05) is 48.0 Å². The molecule has 3 aliphatic rings. The van der Waals surface area contributed by atoms with E-state index in [0.29, 0.717) is 55.1 Å². The first-order valence-corrected chi connectivity index (χ1v) is 16.7. The average molecular weight is 654 g/mol. The van der Waals surface area contributed by atoms with E-state index in [1.54, 1.807) is 20.4 Å². The van der Waals surface area contributed by atoms with Crippen LogP contribution in [0.4, 0.5) is 5.95 Å². The zero-order chi connectivity index (χ0) is 32.3. The Morgan fingerprint density at radius 2 is 1.79 bits per heavy atom. The lowest BCUT2D eigenvalue weighted by atomic mass is 10.00. The first-order valence-electron chi connectivity index (χ1n) is 16.3. The molecule has 0 bridgehead atoms. The quantitative estimate of drug-likeness (QED) is 0.206. The van der Waals surface area contributed by atoms with E-state index in [2.05, 4.69) is 34.1 Å². The maximum atomic E-state index is 13.6.